The average Bonchev–Trinajstić information content (AvgIpc) is 3.21. The van der Waals surface area contributed by atoms with Crippen LogP contribution in [0.15, 0.2) is 42.5 Å². The molecule has 2 aliphatic rings. The van der Waals surface area contributed by atoms with Gasteiger partial charge in [-0.1, -0.05) is 12.1 Å². The molecule has 1 saturated heterocycles. The lowest BCUT2D eigenvalue weighted by molar-refractivity contribution is -0.274. The van der Waals surface area contributed by atoms with E-state index in [1.54, 1.807) is 24.3 Å². The Bertz CT molecular complexity index is 943. The van der Waals surface area contributed by atoms with E-state index in [0.717, 1.165) is 0 Å². The molecule has 1 N–H and O–H groups in total. The fourth-order valence-corrected chi connectivity index (χ4v) is 3.41. The standard InChI is InChI=1S/C20H19F3N2O5S/c21-20(22,23)30-16-4-2-1-3-15(16)24-19(31)25-7-8-26-14(10-25)11-27-13-5-6-17-18(9-13)29-12-28-17/h1-6,9,14H,7-8,10-12H2,(H,24,31). The van der Waals surface area contributed by atoms with Gasteiger partial charge in [0, 0.05) is 19.2 Å². The smallest absolute Gasteiger partial charge is 0.491 e. The Morgan fingerprint density at radius 1 is 1.16 bits per heavy atom. The number of morpholine rings is 1. The number of benzene rings is 2. The lowest BCUT2D eigenvalue weighted by atomic mass is 10.2. The predicted octanol–water partition coefficient (Wildman–Crippen LogP) is 3.79. The van der Waals surface area contributed by atoms with E-state index in [0.29, 0.717) is 36.9 Å². The summed E-state index contributed by atoms with van der Waals surface area (Å²) >= 11 is 5.39. The van der Waals surface area contributed by atoms with Gasteiger partial charge in [-0.3, -0.25) is 0 Å². The summed E-state index contributed by atoms with van der Waals surface area (Å²) in [6.07, 6.45) is -5.07. The third-order valence-corrected chi connectivity index (χ3v) is 4.92. The van der Waals surface area contributed by atoms with Crippen LogP contribution in [0.25, 0.3) is 0 Å². The number of thiocarbonyl (C=S) groups is 1. The largest absolute Gasteiger partial charge is 0.573 e. The van der Waals surface area contributed by atoms with Gasteiger partial charge in [0.2, 0.25) is 6.79 Å². The van der Waals surface area contributed by atoms with Gasteiger partial charge in [0.15, 0.2) is 22.4 Å². The second kappa shape index (κ2) is 9.06. The first-order valence-corrected chi connectivity index (χ1v) is 9.83. The maximum atomic E-state index is 12.6. The Morgan fingerprint density at radius 3 is 2.81 bits per heavy atom. The van der Waals surface area contributed by atoms with Gasteiger partial charge >= 0.3 is 6.36 Å². The van der Waals surface area contributed by atoms with Gasteiger partial charge in [-0.25, -0.2) is 0 Å². The van der Waals surface area contributed by atoms with Crippen LogP contribution in [0.3, 0.4) is 0 Å². The maximum absolute atomic E-state index is 12.6. The molecule has 0 spiro atoms. The van der Waals surface area contributed by atoms with Crippen LogP contribution in [0.2, 0.25) is 0 Å². The zero-order chi connectivity index (χ0) is 21.8. The highest BCUT2D eigenvalue weighted by Crippen LogP contribution is 2.35. The number of ether oxygens (including phenoxy) is 5. The second-order valence-electron chi connectivity index (χ2n) is 6.74. The normalized spacial score (nSPS) is 17.9. The van der Waals surface area contributed by atoms with E-state index in [9.17, 15) is 13.2 Å². The summed E-state index contributed by atoms with van der Waals surface area (Å²) in [7, 11) is 0. The molecular formula is C20H19F3N2O5S. The number of para-hydroxylation sites is 2. The molecule has 4 rings (SSSR count). The van der Waals surface area contributed by atoms with Crippen LogP contribution in [0, 0.1) is 0 Å². The molecule has 0 radical (unpaired) electrons. The predicted molar refractivity (Wildman–Crippen MR) is 109 cm³/mol. The Labute approximate surface area is 181 Å². The zero-order valence-corrected chi connectivity index (χ0v) is 17.0. The van der Waals surface area contributed by atoms with Gasteiger partial charge in [0.1, 0.15) is 18.5 Å². The number of halogens is 3. The van der Waals surface area contributed by atoms with Crippen molar-refractivity contribution in [2.24, 2.45) is 0 Å². The Hall–Kier alpha value is -2.92. The Morgan fingerprint density at radius 2 is 1.97 bits per heavy atom. The number of hydrogen-bond acceptors (Lipinski definition) is 6. The number of anilines is 1. The summed E-state index contributed by atoms with van der Waals surface area (Å²) in [6.45, 7) is 1.76. The number of nitrogens with one attached hydrogen (secondary N) is 1. The molecule has 2 aliphatic heterocycles. The molecule has 1 unspecified atom stereocenters. The molecule has 2 heterocycles. The Kier molecular flexibility index (Phi) is 6.23. The van der Waals surface area contributed by atoms with E-state index in [-0.39, 0.29) is 36.1 Å². The Balaban J connectivity index is 1.33. The minimum atomic E-state index is -4.80. The quantitative estimate of drug-likeness (QED) is 0.682. The van der Waals surface area contributed by atoms with Gasteiger partial charge in [0.05, 0.1) is 12.3 Å². The third kappa shape index (κ3) is 5.61. The van der Waals surface area contributed by atoms with Gasteiger partial charge in [-0.2, -0.15) is 0 Å². The number of alkyl halides is 3. The first-order chi connectivity index (χ1) is 14.9. The van der Waals surface area contributed by atoms with Crippen LogP contribution in [0.4, 0.5) is 18.9 Å². The molecule has 1 atom stereocenters. The first kappa shape index (κ1) is 21.3. The fraction of sp³-hybridized carbons (Fsp3) is 0.350. The summed E-state index contributed by atoms with van der Waals surface area (Å²) in [5.41, 5.74) is 0.129. The van der Waals surface area contributed by atoms with Crippen LogP contribution in [0.5, 0.6) is 23.0 Å². The van der Waals surface area contributed by atoms with E-state index < -0.39 is 6.36 Å². The van der Waals surface area contributed by atoms with Crippen molar-refractivity contribution in [1.82, 2.24) is 4.90 Å². The van der Waals surface area contributed by atoms with Crippen molar-refractivity contribution in [2.45, 2.75) is 12.5 Å². The molecule has 7 nitrogen and oxygen atoms in total. The van der Waals surface area contributed by atoms with Crippen LogP contribution in [-0.2, 0) is 4.74 Å². The fourth-order valence-electron chi connectivity index (χ4n) is 3.14. The van der Waals surface area contributed by atoms with Crippen molar-refractivity contribution in [3.63, 3.8) is 0 Å². The summed E-state index contributed by atoms with van der Waals surface area (Å²) < 4.78 is 64.1. The number of hydrogen-bond donors (Lipinski definition) is 1. The molecule has 0 aliphatic carbocycles. The van der Waals surface area contributed by atoms with E-state index >= 15 is 0 Å². The van der Waals surface area contributed by atoms with Crippen LogP contribution >= 0.6 is 12.2 Å². The topological polar surface area (TPSA) is 61.4 Å². The van der Waals surface area contributed by atoms with Crippen molar-refractivity contribution in [3.05, 3.63) is 42.5 Å². The summed E-state index contributed by atoms with van der Waals surface area (Å²) in [6, 6.07) is 11.0. The van der Waals surface area contributed by atoms with Crippen molar-refractivity contribution in [3.8, 4) is 23.0 Å². The van der Waals surface area contributed by atoms with Crippen molar-refractivity contribution in [1.29, 1.82) is 0 Å². The van der Waals surface area contributed by atoms with Crippen LogP contribution in [0.1, 0.15) is 0 Å². The van der Waals surface area contributed by atoms with E-state index in [1.165, 1.54) is 18.2 Å². The van der Waals surface area contributed by atoms with Crippen LogP contribution < -0.4 is 24.3 Å². The highest BCUT2D eigenvalue weighted by Gasteiger charge is 2.32. The minimum absolute atomic E-state index is 0.129. The van der Waals surface area contributed by atoms with Crippen molar-refractivity contribution in [2.75, 3.05) is 38.4 Å². The van der Waals surface area contributed by atoms with Crippen molar-refractivity contribution >= 4 is 23.0 Å². The molecule has 166 valence electrons. The lowest BCUT2D eigenvalue weighted by Crippen LogP contribution is -2.49. The van der Waals surface area contributed by atoms with Gasteiger partial charge < -0.3 is 33.9 Å². The molecule has 11 heteroatoms. The number of nitrogens with zero attached hydrogens (tertiary/aromatic N) is 1. The zero-order valence-electron chi connectivity index (χ0n) is 16.2. The minimum Gasteiger partial charge on any atom is -0.491 e. The van der Waals surface area contributed by atoms with Crippen molar-refractivity contribution < 1.29 is 36.9 Å². The number of rotatable bonds is 5. The molecular weight excluding hydrogens is 437 g/mol. The molecule has 0 saturated carbocycles. The van der Waals surface area contributed by atoms with Crippen LogP contribution in [-0.4, -0.2) is 55.6 Å². The molecule has 2 aromatic rings. The lowest BCUT2D eigenvalue weighted by Gasteiger charge is -2.34. The average molecular weight is 456 g/mol. The van der Waals surface area contributed by atoms with E-state index in [2.05, 4.69) is 10.1 Å². The second-order valence-corrected chi connectivity index (χ2v) is 7.13. The summed E-state index contributed by atoms with van der Waals surface area (Å²) in [5, 5.41) is 3.10. The molecule has 0 amide bonds. The number of fused-ring (bicyclic) bond motifs is 1. The molecule has 0 bridgehead atoms. The van der Waals surface area contributed by atoms with Gasteiger partial charge in [-0.15, -0.1) is 13.2 Å². The molecule has 2 aromatic carbocycles. The highest BCUT2D eigenvalue weighted by atomic mass is 32.1. The van der Waals surface area contributed by atoms with Gasteiger partial charge in [0.25, 0.3) is 0 Å². The highest BCUT2D eigenvalue weighted by molar-refractivity contribution is 7.80. The molecule has 1 fully saturated rings. The van der Waals surface area contributed by atoms with E-state index in [1.807, 2.05) is 4.90 Å². The van der Waals surface area contributed by atoms with Gasteiger partial charge in [-0.05, 0) is 36.5 Å². The monoisotopic (exact) mass is 456 g/mol. The van der Waals surface area contributed by atoms with E-state index in [4.69, 9.17) is 31.2 Å². The molecule has 31 heavy (non-hydrogen) atoms. The third-order valence-electron chi connectivity index (χ3n) is 4.56. The molecule has 0 aromatic heterocycles. The maximum Gasteiger partial charge on any atom is 0.573 e. The summed E-state index contributed by atoms with van der Waals surface area (Å²) in [5.74, 6) is 1.55. The summed E-state index contributed by atoms with van der Waals surface area (Å²) in [4.78, 5) is 1.82. The first-order valence-electron chi connectivity index (χ1n) is 9.42. The SMILES string of the molecule is FC(F)(F)Oc1ccccc1NC(=S)N1CCOC(COc2ccc3c(c2)OCO3)C1.